The molecule has 1 aliphatic rings. The molecule has 0 aliphatic carbocycles. The zero-order chi connectivity index (χ0) is 18.4. The Hall–Kier alpha value is -3.59. The van der Waals surface area contributed by atoms with Crippen molar-refractivity contribution in [1.82, 2.24) is 0 Å². The predicted octanol–water partition coefficient (Wildman–Crippen LogP) is 5.67. The molecule has 0 saturated heterocycles. The van der Waals surface area contributed by atoms with Crippen LogP contribution in [0.25, 0.3) is 33.4 Å². The number of cyclic esters (lactones) is 1. The van der Waals surface area contributed by atoms with Gasteiger partial charge in [0.1, 0.15) is 11.5 Å². The first kappa shape index (κ1) is 15.6. The van der Waals surface area contributed by atoms with Crippen LogP contribution in [0.5, 0.6) is 5.75 Å². The van der Waals surface area contributed by atoms with Gasteiger partial charge in [-0.1, -0.05) is 42.5 Å². The molecule has 0 atom stereocenters. The normalized spacial score (nSPS) is 13.2. The number of ether oxygens (including phenoxy) is 2. The van der Waals surface area contributed by atoms with Crippen molar-refractivity contribution >= 4 is 39.3 Å². The number of esters is 1. The van der Waals surface area contributed by atoms with Crippen molar-refractivity contribution in [2.24, 2.45) is 0 Å². The van der Waals surface area contributed by atoms with E-state index in [0.717, 1.165) is 38.4 Å². The largest absolute Gasteiger partial charge is 0.497 e. The summed E-state index contributed by atoms with van der Waals surface area (Å²) >= 11 is 0. The van der Waals surface area contributed by atoms with E-state index in [0.29, 0.717) is 11.3 Å². The van der Waals surface area contributed by atoms with E-state index in [2.05, 4.69) is 6.07 Å². The molecule has 0 radical (unpaired) electrons. The molecule has 0 N–H and O–H groups in total. The van der Waals surface area contributed by atoms with Gasteiger partial charge in [-0.25, -0.2) is 4.79 Å². The zero-order valence-electron chi connectivity index (χ0n) is 14.7. The van der Waals surface area contributed by atoms with Crippen molar-refractivity contribution in [2.75, 3.05) is 7.11 Å². The molecule has 0 unspecified atom stereocenters. The second kappa shape index (κ2) is 5.99. The number of benzene rings is 4. The molecule has 3 nitrogen and oxygen atoms in total. The quantitative estimate of drug-likeness (QED) is 0.344. The molecule has 5 rings (SSSR count). The van der Waals surface area contributed by atoms with Crippen LogP contribution in [0.1, 0.15) is 21.5 Å². The van der Waals surface area contributed by atoms with Crippen LogP contribution in [0, 0.1) is 0 Å². The molecule has 3 heteroatoms. The van der Waals surface area contributed by atoms with Gasteiger partial charge in [0.15, 0.2) is 0 Å². The summed E-state index contributed by atoms with van der Waals surface area (Å²) in [5.74, 6) is 0.968. The standard InChI is InChI=1S/C24H16O3/c1-26-19-11-9-15(10-12-19)21-14-18-7-4-6-17-13-16-5-2-3-8-20(16)23(22(17)18)24(25)27-21/h2-14H,1H3. The minimum absolute atomic E-state index is 0.330. The summed E-state index contributed by atoms with van der Waals surface area (Å²) in [4.78, 5) is 13.1. The molecule has 1 heterocycles. The van der Waals surface area contributed by atoms with E-state index < -0.39 is 0 Å². The van der Waals surface area contributed by atoms with Crippen molar-refractivity contribution in [3.8, 4) is 5.75 Å². The number of hydrogen-bond acceptors (Lipinski definition) is 3. The van der Waals surface area contributed by atoms with Crippen molar-refractivity contribution in [3.05, 3.63) is 89.5 Å². The van der Waals surface area contributed by atoms with Crippen molar-refractivity contribution in [2.45, 2.75) is 0 Å². The first-order chi connectivity index (χ1) is 13.2. The molecule has 4 aromatic rings. The van der Waals surface area contributed by atoms with Crippen LogP contribution < -0.4 is 4.74 Å². The SMILES string of the molecule is COc1ccc(C2=Cc3cccc4cc5ccccc5c(c34)C(=O)O2)cc1. The summed E-state index contributed by atoms with van der Waals surface area (Å²) in [6.45, 7) is 0. The van der Waals surface area contributed by atoms with Gasteiger partial charge in [0, 0.05) is 10.9 Å². The van der Waals surface area contributed by atoms with Gasteiger partial charge >= 0.3 is 5.97 Å². The fourth-order valence-corrected chi connectivity index (χ4v) is 3.70. The lowest BCUT2D eigenvalue weighted by atomic mass is 9.93. The predicted molar refractivity (Wildman–Crippen MR) is 108 cm³/mol. The molecule has 0 amide bonds. The van der Waals surface area contributed by atoms with E-state index in [9.17, 15) is 4.79 Å². The maximum Gasteiger partial charge on any atom is 0.344 e. The van der Waals surface area contributed by atoms with Gasteiger partial charge < -0.3 is 9.47 Å². The van der Waals surface area contributed by atoms with Gasteiger partial charge in [0.2, 0.25) is 0 Å². The number of methoxy groups -OCH3 is 1. The van der Waals surface area contributed by atoms with Crippen LogP contribution in [-0.2, 0) is 4.74 Å². The van der Waals surface area contributed by atoms with E-state index in [4.69, 9.17) is 9.47 Å². The van der Waals surface area contributed by atoms with Gasteiger partial charge in [-0.05, 0) is 58.1 Å². The van der Waals surface area contributed by atoms with Crippen LogP contribution in [-0.4, -0.2) is 13.1 Å². The Morgan fingerprint density at radius 1 is 0.852 bits per heavy atom. The summed E-state index contributed by atoms with van der Waals surface area (Å²) in [7, 11) is 1.63. The number of carbonyl (C=O) groups is 1. The van der Waals surface area contributed by atoms with Crippen LogP contribution in [0.4, 0.5) is 0 Å². The number of rotatable bonds is 2. The molecule has 0 aromatic heterocycles. The van der Waals surface area contributed by atoms with Crippen LogP contribution >= 0.6 is 0 Å². The Kier molecular flexibility index (Phi) is 3.47. The van der Waals surface area contributed by atoms with Crippen molar-refractivity contribution in [3.63, 3.8) is 0 Å². The third-order valence-electron chi connectivity index (χ3n) is 4.99. The fourth-order valence-electron chi connectivity index (χ4n) is 3.70. The van der Waals surface area contributed by atoms with Gasteiger partial charge in [-0.15, -0.1) is 0 Å². The first-order valence-electron chi connectivity index (χ1n) is 8.77. The van der Waals surface area contributed by atoms with Crippen LogP contribution in [0.15, 0.2) is 72.8 Å². The Bertz CT molecular complexity index is 1230. The van der Waals surface area contributed by atoms with Crippen molar-refractivity contribution < 1.29 is 14.3 Å². The third-order valence-corrected chi connectivity index (χ3v) is 4.99. The summed E-state index contributed by atoms with van der Waals surface area (Å²) in [5, 5.41) is 3.91. The second-order valence-electron chi connectivity index (χ2n) is 6.54. The Morgan fingerprint density at radius 3 is 2.44 bits per heavy atom. The molecule has 0 bridgehead atoms. The molecular formula is C24H16O3. The van der Waals surface area contributed by atoms with E-state index in [1.807, 2.05) is 72.8 Å². The molecule has 130 valence electrons. The Balaban J connectivity index is 1.78. The molecule has 0 fully saturated rings. The minimum Gasteiger partial charge on any atom is -0.497 e. The maximum atomic E-state index is 13.1. The number of fused-ring (bicyclic) bond motifs is 2. The highest BCUT2D eigenvalue weighted by atomic mass is 16.5. The third kappa shape index (κ3) is 2.48. The smallest absolute Gasteiger partial charge is 0.344 e. The van der Waals surface area contributed by atoms with E-state index >= 15 is 0 Å². The van der Waals surface area contributed by atoms with Crippen molar-refractivity contribution in [1.29, 1.82) is 0 Å². The molecule has 1 aliphatic heterocycles. The van der Waals surface area contributed by atoms with Crippen LogP contribution in [0.3, 0.4) is 0 Å². The lowest BCUT2D eigenvalue weighted by Crippen LogP contribution is -2.05. The maximum absolute atomic E-state index is 13.1. The first-order valence-corrected chi connectivity index (χ1v) is 8.77. The van der Waals surface area contributed by atoms with Gasteiger partial charge in [0.05, 0.1) is 12.7 Å². The summed E-state index contributed by atoms with van der Waals surface area (Å²) in [6, 6.07) is 23.6. The number of hydrogen-bond donors (Lipinski definition) is 0. The zero-order valence-corrected chi connectivity index (χ0v) is 14.7. The van der Waals surface area contributed by atoms with Gasteiger partial charge in [0.25, 0.3) is 0 Å². The fraction of sp³-hybridized carbons (Fsp3) is 0.0417. The Labute approximate surface area is 156 Å². The summed E-state index contributed by atoms with van der Waals surface area (Å²) < 4.78 is 11.1. The van der Waals surface area contributed by atoms with E-state index in [1.165, 1.54) is 0 Å². The molecular weight excluding hydrogens is 336 g/mol. The summed E-state index contributed by atoms with van der Waals surface area (Å²) in [5.41, 5.74) is 2.43. The highest BCUT2D eigenvalue weighted by Crippen LogP contribution is 2.37. The van der Waals surface area contributed by atoms with Gasteiger partial charge in [-0.2, -0.15) is 0 Å². The number of carbonyl (C=O) groups excluding carboxylic acids is 1. The topological polar surface area (TPSA) is 35.5 Å². The van der Waals surface area contributed by atoms with E-state index in [-0.39, 0.29) is 5.97 Å². The average molecular weight is 352 g/mol. The lowest BCUT2D eigenvalue weighted by Gasteiger charge is -2.11. The monoisotopic (exact) mass is 352 g/mol. The van der Waals surface area contributed by atoms with Crippen LogP contribution in [0.2, 0.25) is 0 Å². The second-order valence-corrected chi connectivity index (χ2v) is 6.54. The highest BCUT2D eigenvalue weighted by Gasteiger charge is 2.23. The highest BCUT2D eigenvalue weighted by molar-refractivity contribution is 6.21. The molecule has 0 spiro atoms. The lowest BCUT2D eigenvalue weighted by molar-refractivity contribution is 0.0698. The molecule has 4 aromatic carbocycles. The molecule has 0 saturated carbocycles. The van der Waals surface area contributed by atoms with E-state index in [1.54, 1.807) is 7.11 Å². The molecule has 27 heavy (non-hydrogen) atoms. The Morgan fingerprint density at radius 2 is 1.63 bits per heavy atom. The average Bonchev–Trinajstić information content (AvgIpc) is 2.86. The van der Waals surface area contributed by atoms with Gasteiger partial charge in [-0.3, -0.25) is 0 Å². The minimum atomic E-state index is -0.330. The summed E-state index contributed by atoms with van der Waals surface area (Å²) in [6.07, 6.45) is 1.94.